The Bertz CT molecular complexity index is 2720. The lowest BCUT2D eigenvalue weighted by Crippen LogP contribution is -1.83. The second kappa shape index (κ2) is 10.9. The molecule has 228 valence electrons. The predicted molar refractivity (Wildman–Crippen MR) is 212 cm³/mol. The Kier molecular flexibility index (Phi) is 6.49. The molecule has 0 amide bonds. The average Bonchev–Trinajstić information content (AvgIpc) is 3.10. The smallest absolute Gasteiger partial charge is 0.00989 e. The molecule has 0 aliphatic rings. The molecule has 0 fully saturated rings. The van der Waals surface area contributed by atoms with Gasteiger partial charge in [-0.25, -0.2) is 0 Å². The summed E-state index contributed by atoms with van der Waals surface area (Å²) in [6.07, 6.45) is 0. The Morgan fingerprint density at radius 2 is 0.417 bits per heavy atom. The van der Waals surface area contributed by atoms with E-state index in [9.17, 15) is 0 Å². The van der Waals surface area contributed by atoms with Gasteiger partial charge in [-0.2, -0.15) is 0 Å². The molecule has 0 aliphatic heterocycles. The molecular formula is C48H36. The van der Waals surface area contributed by atoms with Gasteiger partial charge in [0.2, 0.25) is 0 Å². The lowest BCUT2D eigenvalue weighted by atomic mass is 9.94. The molecule has 10 aromatic rings. The molecule has 0 unspecified atom stereocenters. The Morgan fingerprint density at radius 1 is 0.188 bits per heavy atom. The third-order valence-electron chi connectivity index (χ3n) is 10.2. The first kappa shape index (κ1) is 28.5. The maximum Gasteiger partial charge on any atom is -0.00989 e. The van der Waals surface area contributed by atoms with Crippen molar-refractivity contribution in [2.75, 3.05) is 0 Å². The molecule has 0 saturated heterocycles. The van der Waals surface area contributed by atoms with Crippen LogP contribution < -0.4 is 0 Å². The van der Waals surface area contributed by atoms with E-state index in [2.05, 4.69) is 173 Å². The third-order valence-corrected chi connectivity index (χ3v) is 10.2. The maximum atomic E-state index is 2.36. The maximum absolute atomic E-state index is 2.36. The summed E-state index contributed by atoms with van der Waals surface area (Å²) in [5.41, 5.74) is 5.24. The lowest BCUT2D eigenvalue weighted by molar-refractivity contribution is 1.51. The molecule has 0 radical (unpaired) electrons. The molecule has 0 bridgehead atoms. The van der Waals surface area contributed by atoms with Crippen molar-refractivity contribution < 1.29 is 0 Å². The van der Waals surface area contributed by atoms with E-state index in [4.69, 9.17) is 0 Å². The molecule has 0 N–H and O–H groups in total. The van der Waals surface area contributed by atoms with Crippen molar-refractivity contribution in [2.24, 2.45) is 0 Å². The van der Waals surface area contributed by atoms with Crippen LogP contribution in [0.1, 0.15) is 22.3 Å². The number of fused-ring (bicyclic) bond motifs is 12. The van der Waals surface area contributed by atoms with Crippen LogP contribution in [0.25, 0.3) is 86.2 Å². The summed E-state index contributed by atoms with van der Waals surface area (Å²) in [4.78, 5) is 0. The van der Waals surface area contributed by atoms with Crippen molar-refractivity contribution >= 4 is 86.2 Å². The van der Waals surface area contributed by atoms with Gasteiger partial charge in [-0.3, -0.25) is 0 Å². The summed E-state index contributed by atoms with van der Waals surface area (Å²) < 4.78 is 0. The number of hydrogen-bond donors (Lipinski definition) is 0. The van der Waals surface area contributed by atoms with Crippen LogP contribution in [0.3, 0.4) is 0 Å². The lowest BCUT2D eigenvalue weighted by Gasteiger charge is -2.10. The molecule has 0 heteroatoms. The molecule has 10 rings (SSSR count). The summed E-state index contributed by atoms with van der Waals surface area (Å²) in [6.45, 7) is 8.63. The summed E-state index contributed by atoms with van der Waals surface area (Å²) in [5, 5.41) is 21.2. The SMILES string of the molecule is Cc1ccc2c(ccc3cc4c(ccc5cc(C)ccc54)cc32)c1.Cc1ccc2ccc3cc4c(ccc5ccc(C)cc54)cc3c2c1. The molecule has 0 heterocycles. The minimum absolute atomic E-state index is 1.31. The molecule has 0 aromatic heterocycles. The molecule has 0 spiro atoms. The largest absolute Gasteiger partial charge is 0.0587 e. The standard InChI is InChI=1S/2C24H18/c1-15-3-9-21-17(11-15)5-7-19-14-24-20(13-23(19)21)8-6-18-12-16(2)4-10-22(18)24;1-15-3-5-17-7-9-19-14-24-20(13-23(19)21(17)11-15)10-8-18-6-4-16(2)12-22(18)24/h2*3-14H,1-2H3. The van der Waals surface area contributed by atoms with Crippen molar-refractivity contribution in [1.29, 1.82) is 0 Å². The first-order valence-electron chi connectivity index (χ1n) is 16.9. The number of aryl methyl sites for hydroxylation is 4. The molecule has 0 saturated carbocycles. The van der Waals surface area contributed by atoms with Crippen LogP contribution >= 0.6 is 0 Å². The fraction of sp³-hybridized carbons (Fsp3) is 0.0833. The van der Waals surface area contributed by atoms with E-state index in [0.717, 1.165) is 0 Å². The summed E-state index contributed by atoms with van der Waals surface area (Å²) in [6, 6.07) is 54.2. The van der Waals surface area contributed by atoms with Crippen molar-refractivity contribution in [2.45, 2.75) is 27.7 Å². The van der Waals surface area contributed by atoms with Gasteiger partial charge in [0.15, 0.2) is 0 Å². The zero-order chi connectivity index (χ0) is 32.5. The van der Waals surface area contributed by atoms with Crippen LogP contribution in [0, 0.1) is 27.7 Å². The topological polar surface area (TPSA) is 0 Å². The van der Waals surface area contributed by atoms with Gasteiger partial charge in [-0.15, -0.1) is 0 Å². The first-order valence-corrected chi connectivity index (χ1v) is 16.9. The van der Waals surface area contributed by atoms with E-state index in [1.807, 2.05) is 0 Å². The third kappa shape index (κ3) is 4.76. The fourth-order valence-electron chi connectivity index (χ4n) is 7.70. The van der Waals surface area contributed by atoms with Crippen molar-refractivity contribution in [3.05, 3.63) is 168 Å². The van der Waals surface area contributed by atoms with Gasteiger partial charge in [0, 0.05) is 0 Å². The van der Waals surface area contributed by atoms with E-state index in [1.54, 1.807) is 0 Å². The van der Waals surface area contributed by atoms with Gasteiger partial charge in [0.05, 0.1) is 0 Å². The highest BCUT2D eigenvalue weighted by molar-refractivity contribution is 6.18. The second-order valence-electron chi connectivity index (χ2n) is 13.7. The minimum atomic E-state index is 1.31. The van der Waals surface area contributed by atoms with Crippen LogP contribution in [-0.2, 0) is 0 Å². The Hall–Kier alpha value is -5.72. The van der Waals surface area contributed by atoms with Gasteiger partial charge in [0.1, 0.15) is 0 Å². The van der Waals surface area contributed by atoms with Crippen molar-refractivity contribution in [3.8, 4) is 0 Å². The molecule has 48 heavy (non-hydrogen) atoms. The van der Waals surface area contributed by atoms with Crippen LogP contribution in [0.4, 0.5) is 0 Å². The second-order valence-corrected chi connectivity index (χ2v) is 13.7. The first-order chi connectivity index (χ1) is 23.4. The minimum Gasteiger partial charge on any atom is -0.0587 e. The normalized spacial score (nSPS) is 11.8. The summed E-state index contributed by atoms with van der Waals surface area (Å²) in [7, 11) is 0. The molecule has 0 nitrogen and oxygen atoms in total. The van der Waals surface area contributed by atoms with Gasteiger partial charge in [0.25, 0.3) is 0 Å². The average molecular weight is 613 g/mol. The monoisotopic (exact) mass is 612 g/mol. The van der Waals surface area contributed by atoms with Crippen LogP contribution in [0.2, 0.25) is 0 Å². The predicted octanol–water partition coefficient (Wildman–Crippen LogP) is 13.8. The van der Waals surface area contributed by atoms with E-state index in [-0.39, 0.29) is 0 Å². The van der Waals surface area contributed by atoms with E-state index in [1.165, 1.54) is 108 Å². The van der Waals surface area contributed by atoms with Crippen LogP contribution in [-0.4, -0.2) is 0 Å². The Balaban J connectivity index is 0.000000131. The van der Waals surface area contributed by atoms with Gasteiger partial charge >= 0.3 is 0 Å². The molecule has 10 aromatic carbocycles. The quantitative estimate of drug-likeness (QED) is 0.118. The van der Waals surface area contributed by atoms with Gasteiger partial charge in [-0.05, 0) is 138 Å². The summed E-state index contributed by atoms with van der Waals surface area (Å²) in [5.74, 6) is 0. The Morgan fingerprint density at radius 3 is 0.792 bits per heavy atom. The van der Waals surface area contributed by atoms with Crippen molar-refractivity contribution in [1.82, 2.24) is 0 Å². The highest BCUT2D eigenvalue weighted by Crippen LogP contribution is 2.35. The zero-order valence-electron chi connectivity index (χ0n) is 27.9. The number of benzene rings is 10. The van der Waals surface area contributed by atoms with E-state index in [0.29, 0.717) is 0 Å². The number of hydrogen-bond acceptors (Lipinski definition) is 0. The Labute approximate surface area is 280 Å². The van der Waals surface area contributed by atoms with Gasteiger partial charge < -0.3 is 0 Å². The van der Waals surface area contributed by atoms with E-state index < -0.39 is 0 Å². The summed E-state index contributed by atoms with van der Waals surface area (Å²) >= 11 is 0. The highest BCUT2D eigenvalue weighted by atomic mass is 14.1. The molecular weight excluding hydrogens is 577 g/mol. The molecule has 0 atom stereocenters. The number of rotatable bonds is 0. The van der Waals surface area contributed by atoms with Gasteiger partial charge in [-0.1, -0.05) is 144 Å². The molecule has 0 aliphatic carbocycles. The van der Waals surface area contributed by atoms with Crippen LogP contribution in [0.15, 0.2) is 146 Å². The van der Waals surface area contributed by atoms with Crippen molar-refractivity contribution in [3.63, 3.8) is 0 Å². The van der Waals surface area contributed by atoms with E-state index >= 15 is 0 Å². The van der Waals surface area contributed by atoms with Crippen LogP contribution in [0.5, 0.6) is 0 Å². The fourth-order valence-corrected chi connectivity index (χ4v) is 7.70. The zero-order valence-corrected chi connectivity index (χ0v) is 27.9. The highest BCUT2D eigenvalue weighted by Gasteiger charge is 2.08.